The molecule has 0 fully saturated rings. The van der Waals surface area contributed by atoms with E-state index in [9.17, 15) is 9.59 Å². The van der Waals surface area contributed by atoms with Gasteiger partial charge in [0.05, 0.1) is 13.7 Å². The van der Waals surface area contributed by atoms with Crippen molar-refractivity contribution >= 4 is 23.4 Å². The van der Waals surface area contributed by atoms with Crippen LogP contribution in [-0.2, 0) is 17.8 Å². The monoisotopic (exact) mass is 388 g/mol. The first-order valence-corrected chi connectivity index (χ1v) is 8.97. The lowest BCUT2D eigenvalue weighted by atomic mass is 10.1. The molecule has 0 bridgehead atoms. The van der Waals surface area contributed by atoms with E-state index in [1.807, 2.05) is 54.6 Å². The van der Waals surface area contributed by atoms with E-state index in [1.165, 1.54) is 4.57 Å². The number of H-pyrrole nitrogens is 1. The second kappa shape index (κ2) is 7.97. The van der Waals surface area contributed by atoms with Crippen molar-refractivity contribution in [3.05, 3.63) is 82.0 Å². The predicted octanol–water partition coefficient (Wildman–Crippen LogP) is 2.25. The molecule has 0 unspecified atom stereocenters. The van der Waals surface area contributed by atoms with Gasteiger partial charge in [0.2, 0.25) is 0 Å². The molecular formula is C21H18N5O3. The predicted molar refractivity (Wildman–Crippen MR) is 109 cm³/mol. The molecule has 29 heavy (non-hydrogen) atoms. The van der Waals surface area contributed by atoms with E-state index in [4.69, 9.17) is 4.74 Å². The smallest absolute Gasteiger partial charge is 0.328 e. The molecule has 2 N–H and O–H groups in total. The molecule has 4 rings (SSSR count). The second-order valence-electron chi connectivity index (χ2n) is 6.44. The number of amides is 1. The van der Waals surface area contributed by atoms with Crippen LogP contribution >= 0.6 is 0 Å². The number of nitrogens with one attached hydrogen (secondary N) is 2. The normalized spacial score (nSPS) is 10.8. The third-order valence-corrected chi connectivity index (χ3v) is 4.54. The molecule has 0 saturated carbocycles. The van der Waals surface area contributed by atoms with Crippen LogP contribution in [0.1, 0.15) is 17.0 Å². The molecule has 145 valence electrons. The molecule has 0 saturated heterocycles. The van der Waals surface area contributed by atoms with E-state index >= 15 is 0 Å². The van der Waals surface area contributed by atoms with Gasteiger partial charge in [0.15, 0.2) is 11.5 Å². The van der Waals surface area contributed by atoms with Crippen molar-refractivity contribution in [3.8, 4) is 5.75 Å². The van der Waals surface area contributed by atoms with Gasteiger partial charge in [-0.15, -0.1) is 0 Å². The number of rotatable bonds is 7. The topological polar surface area (TPSA) is 102 Å². The number of benzene rings is 2. The van der Waals surface area contributed by atoms with Gasteiger partial charge in [0.1, 0.15) is 17.1 Å². The van der Waals surface area contributed by atoms with Crippen LogP contribution in [0.5, 0.6) is 5.75 Å². The summed E-state index contributed by atoms with van der Waals surface area (Å²) in [6.07, 6.45) is 2.05. The molecule has 4 aromatic rings. The Hall–Kier alpha value is -3.94. The highest BCUT2D eigenvalue weighted by Gasteiger charge is 2.16. The number of imidazole rings is 1. The summed E-state index contributed by atoms with van der Waals surface area (Å²) in [5.41, 5.74) is 2.40. The summed E-state index contributed by atoms with van der Waals surface area (Å²) >= 11 is 0. The number of hydrogen-bond acceptors (Lipinski definition) is 5. The molecule has 2 aromatic heterocycles. The fourth-order valence-electron chi connectivity index (χ4n) is 3.13. The van der Waals surface area contributed by atoms with Gasteiger partial charge in [-0.2, -0.15) is 0 Å². The molecule has 8 heteroatoms. The third kappa shape index (κ3) is 3.86. The number of aromatic amines is 1. The Morgan fingerprint density at radius 3 is 2.52 bits per heavy atom. The van der Waals surface area contributed by atoms with E-state index in [0.717, 1.165) is 16.9 Å². The molecule has 1 amide bonds. The van der Waals surface area contributed by atoms with Crippen molar-refractivity contribution in [3.63, 3.8) is 0 Å². The van der Waals surface area contributed by atoms with Crippen LogP contribution < -0.4 is 15.7 Å². The van der Waals surface area contributed by atoms with Crippen LogP contribution in [-0.4, -0.2) is 33.0 Å². The fourth-order valence-corrected chi connectivity index (χ4v) is 3.13. The molecular weight excluding hydrogens is 370 g/mol. The third-order valence-electron chi connectivity index (χ3n) is 4.54. The molecule has 2 heterocycles. The second-order valence-corrected chi connectivity index (χ2v) is 6.44. The number of methoxy groups -OCH3 is 1. The minimum atomic E-state index is -0.325. The first-order chi connectivity index (χ1) is 14.2. The Kier molecular flexibility index (Phi) is 5.07. The minimum absolute atomic E-state index is 0.220. The van der Waals surface area contributed by atoms with Crippen LogP contribution in [0.15, 0.2) is 59.4 Å². The Balaban J connectivity index is 1.77. The standard InChI is InChI=1S/C21H18N5O3/c1-29-16-9-7-14(8-10-16)11-17-23-19(22-13-27)18-20(24-17)26(21(28)25-18)12-15-5-3-2-4-6-15/h2-10H,11-12H2,1H3,(H,25,28)(H,22,23,24,27). The largest absolute Gasteiger partial charge is 0.497 e. The first-order valence-electron chi connectivity index (χ1n) is 8.97. The Bertz CT molecular complexity index is 1200. The summed E-state index contributed by atoms with van der Waals surface area (Å²) in [6, 6.07) is 17.1. The van der Waals surface area contributed by atoms with Gasteiger partial charge in [-0.05, 0) is 23.3 Å². The number of carbonyl (C=O) groups excluding carboxylic acids is 1. The number of aromatic nitrogens is 4. The Morgan fingerprint density at radius 2 is 1.83 bits per heavy atom. The Labute approximate surface area is 166 Å². The van der Waals surface area contributed by atoms with E-state index in [-0.39, 0.29) is 11.5 Å². The van der Waals surface area contributed by atoms with Crippen LogP contribution in [0.25, 0.3) is 11.2 Å². The van der Waals surface area contributed by atoms with Gasteiger partial charge in [0.25, 0.3) is 0 Å². The lowest BCUT2D eigenvalue weighted by molar-refractivity contribution is 0.414. The summed E-state index contributed by atoms with van der Waals surface area (Å²) in [6.45, 7) is 0.350. The maximum Gasteiger partial charge on any atom is 0.328 e. The van der Waals surface area contributed by atoms with E-state index in [2.05, 4.69) is 20.3 Å². The molecule has 0 aliphatic carbocycles. The zero-order valence-corrected chi connectivity index (χ0v) is 15.7. The van der Waals surface area contributed by atoms with Crippen LogP contribution in [0.2, 0.25) is 0 Å². The summed E-state index contributed by atoms with van der Waals surface area (Å²) in [7, 11) is 1.61. The average Bonchev–Trinajstić information content (AvgIpc) is 3.05. The highest BCUT2D eigenvalue weighted by atomic mass is 16.5. The first kappa shape index (κ1) is 18.4. The van der Waals surface area contributed by atoms with Gasteiger partial charge in [-0.1, -0.05) is 42.5 Å². The average molecular weight is 388 g/mol. The summed E-state index contributed by atoms with van der Waals surface area (Å²) < 4.78 is 6.70. The summed E-state index contributed by atoms with van der Waals surface area (Å²) in [5.74, 6) is 1.45. The van der Waals surface area contributed by atoms with Crippen LogP contribution in [0.4, 0.5) is 5.82 Å². The van der Waals surface area contributed by atoms with Crippen molar-refractivity contribution in [2.24, 2.45) is 0 Å². The van der Waals surface area contributed by atoms with Crippen molar-refractivity contribution in [1.29, 1.82) is 0 Å². The van der Waals surface area contributed by atoms with Crippen molar-refractivity contribution in [1.82, 2.24) is 19.5 Å². The molecule has 0 aliphatic heterocycles. The van der Waals surface area contributed by atoms with Gasteiger partial charge >= 0.3 is 12.1 Å². The van der Waals surface area contributed by atoms with E-state index in [1.54, 1.807) is 13.5 Å². The molecule has 0 atom stereocenters. The molecule has 0 aliphatic rings. The van der Waals surface area contributed by atoms with Gasteiger partial charge in [0, 0.05) is 6.42 Å². The lowest BCUT2D eigenvalue weighted by Gasteiger charge is -2.08. The fraction of sp³-hybridized carbons (Fsp3) is 0.143. The zero-order valence-electron chi connectivity index (χ0n) is 15.7. The quantitative estimate of drug-likeness (QED) is 0.473. The summed E-state index contributed by atoms with van der Waals surface area (Å²) in [4.78, 5) is 35.2. The van der Waals surface area contributed by atoms with E-state index < -0.39 is 0 Å². The van der Waals surface area contributed by atoms with Crippen molar-refractivity contribution in [2.75, 3.05) is 12.4 Å². The zero-order chi connectivity index (χ0) is 20.2. The maximum atomic E-state index is 12.5. The molecule has 1 radical (unpaired) electrons. The number of nitrogens with zero attached hydrogens (tertiary/aromatic N) is 3. The van der Waals surface area contributed by atoms with Crippen molar-refractivity contribution < 1.29 is 9.53 Å². The molecule has 0 spiro atoms. The van der Waals surface area contributed by atoms with Crippen LogP contribution in [0, 0.1) is 0 Å². The van der Waals surface area contributed by atoms with Crippen LogP contribution in [0.3, 0.4) is 0 Å². The summed E-state index contributed by atoms with van der Waals surface area (Å²) in [5, 5.41) is 2.44. The number of hydrogen-bond donors (Lipinski definition) is 2. The Morgan fingerprint density at radius 1 is 1.07 bits per heavy atom. The number of fused-ring (bicyclic) bond motifs is 1. The lowest BCUT2D eigenvalue weighted by Crippen LogP contribution is -2.17. The number of ether oxygens (including phenoxy) is 1. The molecule has 8 nitrogen and oxygen atoms in total. The van der Waals surface area contributed by atoms with Gasteiger partial charge in [-0.3, -0.25) is 9.36 Å². The highest BCUT2D eigenvalue weighted by Crippen LogP contribution is 2.20. The number of anilines is 1. The van der Waals surface area contributed by atoms with Gasteiger partial charge < -0.3 is 15.0 Å². The minimum Gasteiger partial charge on any atom is -0.497 e. The van der Waals surface area contributed by atoms with Crippen molar-refractivity contribution in [2.45, 2.75) is 13.0 Å². The van der Waals surface area contributed by atoms with Gasteiger partial charge in [-0.25, -0.2) is 14.8 Å². The molecule has 2 aromatic carbocycles. The highest BCUT2D eigenvalue weighted by molar-refractivity contribution is 5.88. The maximum absolute atomic E-state index is 12.5. The van der Waals surface area contributed by atoms with E-state index in [0.29, 0.717) is 30.0 Å². The SMILES string of the molecule is COc1ccc(Cc2nc(N[C]=O)c3[nH]c(=O)n(Cc4ccccc4)c3n2)cc1.